The SMILES string of the molecule is Cc1cc(NC(=O)c2cc(-c3ccc(Cl)cc3)on2)no1. The molecule has 1 N–H and O–H groups in total. The predicted octanol–water partition coefficient (Wildman–Crippen LogP) is 3.54. The summed E-state index contributed by atoms with van der Waals surface area (Å²) in [6.45, 7) is 1.73. The van der Waals surface area contributed by atoms with Gasteiger partial charge in [-0.05, 0) is 31.2 Å². The second-order valence-electron chi connectivity index (χ2n) is 4.36. The second kappa shape index (κ2) is 5.41. The lowest BCUT2D eigenvalue weighted by atomic mass is 10.1. The highest BCUT2D eigenvalue weighted by Crippen LogP contribution is 2.22. The zero-order valence-electron chi connectivity index (χ0n) is 11.0. The van der Waals surface area contributed by atoms with E-state index in [-0.39, 0.29) is 5.69 Å². The molecule has 106 valence electrons. The molecule has 0 aliphatic carbocycles. The van der Waals surface area contributed by atoms with Crippen molar-refractivity contribution in [1.82, 2.24) is 10.3 Å². The summed E-state index contributed by atoms with van der Waals surface area (Å²) in [7, 11) is 0. The van der Waals surface area contributed by atoms with Crippen LogP contribution in [0.25, 0.3) is 11.3 Å². The van der Waals surface area contributed by atoms with Crippen molar-refractivity contribution < 1.29 is 13.8 Å². The summed E-state index contributed by atoms with van der Waals surface area (Å²) in [5.74, 6) is 0.987. The summed E-state index contributed by atoms with van der Waals surface area (Å²) >= 11 is 5.82. The second-order valence-corrected chi connectivity index (χ2v) is 4.80. The maximum atomic E-state index is 12.0. The lowest BCUT2D eigenvalue weighted by molar-refractivity contribution is 0.101. The highest BCUT2D eigenvalue weighted by molar-refractivity contribution is 6.30. The van der Waals surface area contributed by atoms with Crippen molar-refractivity contribution in [3.8, 4) is 11.3 Å². The van der Waals surface area contributed by atoms with Gasteiger partial charge in [-0.2, -0.15) is 0 Å². The Labute approximate surface area is 124 Å². The van der Waals surface area contributed by atoms with Gasteiger partial charge in [0.05, 0.1) is 0 Å². The van der Waals surface area contributed by atoms with Crippen LogP contribution in [0.2, 0.25) is 5.02 Å². The van der Waals surface area contributed by atoms with E-state index in [1.165, 1.54) is 0 Å². The first-order chi connectivity index (χ1) is 10.1. The number of nitrogens with one attached hydrogen (secondary N) is 1. The number of aryl methyl sites for hydroxylation is 1. The van der Waals surface area contributed by atoms with Crippen LogP contribution in [0.15, 0.2) is 45.4 Å². The first kappa shape index (κ1) is 13.4. The smallest absolute Gasteiger partial charge is 0.279 e. The number of halogens is 1. The van der Waals surface area contributed by atoms with Crippen LogP contribution < -0.4 is 5.32 Å². The Morgan fingerprint density at radius 2 is 1.90 bits per heavy atom. The lowest BCUT2D eigenvalue weighted by Crippen LogP contribution is -2.12. The Balaban J connectivity index is 1.78. The van der Waals surface area contributed by atoms with E-state index in [4.69, 9.17) is 20.6 Å². The van der Waals surface area contributed by atoms with Gasteiger partial charge in [-0.25, -0.2) is 0 Å². The number of benzene rings is 1. The van der Waals surface area contributed by atoms with Gasteiger partial charge in [0.25, 0.3) is 5.91 Å². The molecule has 3 rings (SSSR count). The minimum atomic E-state index is -0.424. The summed E-state index contributed by atoms with van der Waals surface area (Å²) in [5.41, 5.74) is 0.934. The van der Waals surface area contributed by atoms with E-state index < -0.39 is 5.91 Å². The molecule has 0 spiro atoms. The van der Waals surface area contributed by atoms with Crippen LogP contribution in [0.3, 0.4) is 0 Å². The van der Waals surface area contributed by atoms with E-state index in [0.29, 0.717) is 22.4 Å². The zero-order chi connectivity index (χ0) is 14.8. The number of carbonyl (C=O) groups excluding carboxylic acids is 1. The van der Waals surface area contributed by atoms with Gasteiger partial charge >= 0.3 is 0 Å². The van der Waals surface area contributed by atoms with Crippen molar-refractivity contribution in [1.29, 1.82) is 0 Å². The highest BCUT2D eigenvalue weighted by atomic mass is 35.5. The van der Waals surface area contributed by atoms with Crippen molar-refractivity contribution in [3.63, 3.8) is 0 Å². The number of aromatic nitrogens is 2. The van der Waals surface area contributed by atoms with Gasteiger partial charge in [0, 0.05) is 22.7 Å². The monoisotopic (exact) mass is 303 g/mol. The zero-order valence-corrected chi connectivity index (χ0v) is 11.7. The molecule has 0 aliphatic heterocycles. The minimum absolute atomic E-state index is 0.153. The predicted molar refractivity (Wildman–Crippen MR) is 76.1 cm³/mol. The van der Waals surface area contributed by atoms with Crippen molar-refractivity contribution in [2.45, 2.75) is 6.92 Å². The summed E-state index contributed by atoms with van der Waals surface area (Å²) in [6, 6.07) is 10.2. The number of hydrogen-bond donors (Lipinski definition) is 1. The molecule has 0 unspecified atom stereocenters. The third-order valence-electron chi connectivity index (χ3n) is 2.74. The summed E-state index contributed by atoms with van der Waals surface area (Å²) in [5, 5.41) is 10.6. The minimum Gasteiger partial charge on any atom is -0.360 e. The molecule has 0 bridgehead atoms. The van der Waals surface area contributed by atoms with Crippen LogP contribution in [0, 0.1) is 6.92 Å². The van der Waals surface area contributed by atoms with Crippen molar-refractivity contribution in [2.24, 2.45) is 0 Å². The molecule has 0 saturated carbocycles. The third kappa shape index (κ3) is 2.95. The number of amides is 1. The first-order valence-electron chi connectivity index (χ1n) is 6.09. The van der Waals surface area contributed by atoms with Crippen molar-refractivity contribution in [3.05, 3.63) is 52.9 Å². The van der Waals surface area contributed by atoms with Gasteiger partial charge in [-0.3, -0.25) is 4.79 Å². The molecular weight excluding hydrogens is 294 g/mol. The van der Waals surface area contributed by atoms with E-state index in [2.05, 4.69) is 15.6 Å². The van der Waals surface area contributed by atoms with Gasteiger partial charge in [0.15, 0.2) is 17.3 Å². The maximum absolute atomic E-state index is 12.0. The van der Waals surface area contributed by atoms with Crippen LogP contribution in [0.4, 0.5) is 5.82 Å². The molecule has 0 atom stereocenters. The number of nitrogens with zero attached hydrogens (tertiary/aromatic N) is 2. The molecule has 0 fully saturated rings. The van der Waals surface area contributed by atoms with Gasteiger partial charge in [-0.15, -0.1) is 0 Å². The first-order valence-corrected chi connectivity index (χ1v) is 6.47. The maximum Gasteiger partial charge on any atom is 0.279 e. The Bertz CT molecular complexity index is 777. The Morgan fingerprint density at radius 1 is 1.14 bits per heavy atom. The van der Waals surface area contributed by atoms with Crippen molar-refractivity contribution >= 4 is 23.3 Å². The van der Waals surface area contributed by atoms with E-state index in [1.54, 1.807) is 43.3 Å². The number of anilines is 1. The molecule has 7 heteroatoms. The average molecular weight is 304 g/mol. The Kier molecular flexibility index (Phi) is 3.45. The number of hydrogen-bond acceptors (Lipinski definition) is 5. The van der Waals surface area contributed by atoms with Crippen molar-refractivity contribution in [2.75, 3.05) is 5.32 Å². The number of carbonyl (C=O) groups is 1. The molecule has 0 aliphatic rings. The summed E-state index contributed by atoms with van der Waals surface area (Å²) in [4.78, 5) is 12.0. The molecule has 2 heterocycles. The normalized spacial score (nSPS) is 10.6. The fourth-order valence-corrected chi connectivity index (χ4v) is 1.86. The fourth-order valence-electron chi connectivity index (χ4n) is 1.74. The molecule has 21 heavy (non-hydrogen) atoms. The topological polar surface area (TPSA) is 81.2 Å². The van der Waals surface area contributed by atoms with Gasteiger partial charge < -0.3 is 14.4 Å². The molecule has 3 aromatic rings. The molecule has 1 aromatic carbocycles. The molecule has 1 amide bonds. The van der Waals surface area contributed by atoms with Gasteiger partial charge in [-0.1, -0.05) is 21.9 Å². The Morgan fingerprint density at radius 3 is 2.57 bits per heavy atom. The standard InChI is InChI=1S/C14H10ClN3O3/c1-8-6-13(18-20-8)16-14(19)11-7-12(21-17-11)9-2-4-10(15)5-3-9/h2-7H,1H3,(H,16,18,19). The molecular formula is C14H10ClN3O3. The third-order valence-corrected chi connectivity index (χ3v) is 2.99. The van der Waals surface area contributed by atoms with Crippen LogP contribution in [-0.2, 0) is 0 Å². The average Bonchev–Trinajstić information content (AvgIpc) is 3.09. The van der Waals surface area contributed by atoms with Crippen LogP contribution >= 0.6 is 11.6 Å². The van der Waals surface area contributed by atoms with Crippen LogP contribution in [0.5, 0.6) is 0 Å². The molecule has 0 saturated heterocycles. The largest absolute Gasteiger partial charge is 0.360 e. The molecule has 0 radical (unpaired) electrons. The van der Waals surface area contributed by atoms with E-state index >= 15 is 0 Å². The van der Waals surface area contributed by atoms with E-state index in [0.717, 1.165) is 5.56 Å². The quantitative estimate of drug-likeness (QED) is 0.800. The lowest BCUT2D eigenvalue weighted by Gasteiger charge is -1.95. The highest BCUT2D eigenvalue weighted by Gasteiger charge is 2.15. The van der Waals surface area contributed by atoms with E-state index in [9.17, 15) is 4.79 Å². The molecule has 6 nitrogen and oxygen atoms in total. The molecule has 2 aromatic heterocycles. The van der Waals surface area contributed by atoms with Crippen LogP contribution in [-0.4, -0.2) is 16.2 Å². The van der Waals surface area contributed by atoms with Crippen LogP contribution in [0.1, 0.15) is 16.2 Å². The van der Waals surface area contributed by atoms with Gasteiger partial charge in [0.1, 0.15) is 5.76 Å². The Hall–Kier alpha value is -2.60. The van der Waals surface area contributed by atoms with E-state index in [1.807, 2.05) is 0 Å². The summed E-state index contributed by atoms with van der Waals surface area (Å²) < 4.78 is 10.0. The van der Waals surface area contributed by atoms with Gasteiger partial charge in [0.2, 0.25) is 0 Å². The number of rotatable bonds is 3. The fraction of sp³-hybridized carbons (Fsp3) is 0.0714. The summed E-state index contributed by atoms with van der Waals surface area (Å²) in [6.07, 6.45) is 0.